The molecule has 3 aromatic rings. The monoisotopic (exact) mass is 1100 g/mol. The zero-order valence-electron chi connectivity index (χ0n) is 44.9. The number of rotatable bonds is 32. The number of benzene rings is 2. The minimum absolute atomic E-state index is 0.0127. The minimum Gasteiger partial charge on any atom is -0.497 e. The van der Waals surface area contributed by atoms with E-state index in [0.29, 0.717) is 138 Å². The van der Waals surface area contributed by atoms with E-state index >= 15 is 0 Å². The van der Waals surface area contributed by atoms with E-state index in [9.17, 15) is 28.8 Å². The molecule has 0 saturated carbocycles. The van der Waals surface area contributed by atoms with E-state index in [0.717, 1.165) is 63.1 Å². The number of urea groups is 1. The number of methoxy groups -OCH3 is 1. The van der Waals surface area contributed by atoms with Crippen molar-refractivity contribution in [1.82, 2.24) is 41.4 Å². The number of nitrogens with one attached hydrogen (secondary N) is 5. The van der Waals surface area contributed by atoms with Gasteiger partial charge in [-0.25, -0.2) is 9.78 Å². The van der Waals surface area contributed by atoms with Gasteiger partial charge in [0.2, 0.25) is 11.8 Å². The molecule has 78 heavy (non-hydrogen) atoms. The SMILES string of the molecule is COc1ccc(C(=O)C2CCN(C(=O)c3ncc(C(=O)NC4CCN(Cc5ccc(C#N)cc5)CC4)cc3CCCNC(=O)CCOCCOCCOCCOCCNC(=O)CCCC[C@@H]3SCC4NC(=O)NC43)CC2)cc1. The standard InChI is InChI=1S/C57H77N9O11S/c1-73-47-14-12-42(13-15-47)54(69)43-16-25-66(26-17-43)56(71)52-44(35-45(37-61-52)55(70)62-46-18-23-65(24-19-46)38-41-10-8-40(36-58)9-11-41)5-4-21-59-51(68)20-27-74-29-31-76-33-34-77-32-30-75-28-22-60-50(67)7-3-2-6-49-53-48(39-78-49)63-57(72)64-53/h8-15,35,37,43,46,48-49,53H,2-7,16-34,38-39H2,1H3,(H,59,68)(H,60,67)(H,62,70)(H2,63,64,72)/t48?,49-,53?/m0/s1. The summed E-state index contributed by atoms with van der Waals surface area (Å²) in [5.41, 5.74) is 3.62. The summed E-state index contributed by atoms with van der Waals surface area (Å²) in [6.45, 7) is 6.85. The molecule has 4 aliphatic heterocycles. The van der Waals surface area contributed by atoms with Crippen LogP contribution in [0.2, 0.25) is 0 Å². The molecule has 5 N–H and O–H groups in total. The number of carbonyl (C=O) groups excluding carboxylic acids is 6. The van der Waals surface area contributed by atoms with Crippen LogP contribution in [0.5, 0.6) is 5.75 Å². The molecule has 0 aliphatic carbocycles. The van der Waals surface area contributed by atoms with E-state index in [-0.39, 0.29) is 78.2 Å². The van der Waals surface area contributed by atoms with Crippen molar-refractivity contribution >= 4 is 47.2 Å². The third kappa shape index (κ3) is 19.0. The summed E-state index contributed by atoms with van der Waals surface area (Å²) in [6, 6.07) is 18.9. The highest BCUT2D eigenvalue weighted by molar-refractivity contribution is 8.00. The van der Waals surface area contributed by atoms with Gasteiger partial charge in [0.15, 0.2) is 5.78 Å². The van der Waals surface area contributed by atoms with Crippen molar-refractivity contribution < 1.29 is 52.5 Å². The first-order chi connectivity index (χ1) is 38.1. The highest BCUT2D eigenvalue weighted by atomic mass is 32.2. The number of amides is 6. The molecular weight excluding hydrogens is 1020 g/mol. The number of Topliss-reactive ketones (excluding diaryl/α,β-unsaturated/α-hetero) is 1. The fraction of sp³-hybridized carbons (Fsp3) is 0.579. The molecule has 5 heterocycles. The Bertz CT molecular complexity index is 2460. The number of nitrogens with zero attached hydrogens (tertiary/aromatic N) is 4. The fourth-order valence-electron chi connectivity index (χ4n) is 10.1. The number of pyridine rings is 1. The van der Waals surface area contributed by atoms with Gasteiger partial charge in [0.1, 0.15) is 11.4 Å². The molecular formula is C57H77N9O11S. The second kappa shape index (κ2) is 32.1. The Hall–Kier alpha value is -6.15. The van der Waals surface area contributed by atoms with Crippen molar-refractivity contribution in [1.29, 1.82) is 5.26 Å². The number of carbonyl (C=O) groups is 6. The van der Waals surface area contributed by atoms with Gasteiger partial charge < -0.3 is 55.2 Å². The predicted molar refractivity (Wildman–Crippen MR) is 293 cm³/mol. The smallest absolute Gasteiger partial charge is 0.315 e. The van der Waals surface area contributed by atoms with Gasteiger partial charge >= 0.3 is 6.03 Å². The van der Waals surface area contributed by atoms with Crippen molar-refractivity contribution in [3.63, 3.8) is 0 Å². The van der Waals surface area contributed by atoms with Gasteiger partial charge in [-0.05, 0) is 105 Å². The summed E-state index contributed by atoms with van der Waals surface area (Å²) < 4.78 is 27.5. The molecule has 4 aliphatic rings. The van der Waals surface area contributed by atoms with Crippen molar-refractivity contribution in [3.8, 4) is 11.8 Å². The minimum atomic E-state index is -0.257. The number of hydrogen-bond acceptors (Lipinski definition) is 15. The van der Waals surface area contributed by atoms with E-state index in [1.165, 1.54) is 6.20 Å². The maximum absolute atomic E-state index is 14.1. The Kier molecular flexibility index (Phi) is 24.5. The largest absolute Gasteiger partial charge is 0.497 e. The van der Waals surface area contributed by atoms with Crippen LogP contribution < -0.4 is 31.3 Å². The first-order valence-corrected chi connectivity index (χ1v) is 28.6. The summed E-state index contributed by atoms with van der Waals surface area (Å²) in [6.07, 6.45) is 8.34. The highest BCUT2D eigenvalue weighted by Crippen LogP contribution is 2.33. The number of aryl methyl sites for hydroxylation is 1. The molecule has 1 aromatic heterocycles. The van der Waals surface area contributed by atoms with E-state index in [1.54, 1.807) is 42.3 Å². The molecule has 4 saturated heterocycles. The van der Waals surface area contributed by atoms with Crippen LogP contribution >= 0.6 is 11.8 Å². The lowest BCUT2D eigenvalue weighted by molar-refractivity contribution is -0.122. The average molecular weight is 1100 g/mol. The van der Waals surface area contributed by atoms with Crippen LogP contribution in [0.3, 0.4) is 0 Å². The lowest BCUT2D eigenvalue weighted by Crippen LogP contribution is -2.44. The molecule has 0 bridgehead atoms. The van der Waals surface area contributed by atoms with E-state index < -0.39 is 0 Å². The molecule has 0 radical (unpaired) electrons. The Morgan fingerprint density at radius 3 is 2.12 bits per heavy atom. The summed E-state index contributed by atoms with van der Waals surface area (Å²) in [4.78, 5) is 86.2. The zero-order chi connectivity index (χ0) is 54.9. The van der Waals surface area contributed by atoms with Gasteiger partial charge in [-0.3, -0.25) is 28.9 Å². The number of nitriles is 1. The number of ketones is 1. The first kappa shape index (κ1) is 59.5. The summed E-state index contributed by atoms with van der Waals surface area (Å²) >= 11 is 1.89. The third-order valence-electron chi connectivity index (χ3n) is 14.6. The fourth-order valence-corrected chi connectivity index (χ4v) is 11.6. The molecule has 2 aromatic carbocycles. The number of thioether (sulfide) groups is 1. The first-order valence-electron chi connectivity index (χ1n) is 27.6. The second-order valence-electron chi connectivity index (χ2n) is 20.1. The maximum Gasteiger partial charge on any atom is 0.315 e. The number of ether oxygens (including phenoxy) is 5. The normalized spacial score (nSPS) is 18.6. The Balaban J connectivity index is 0.744. The topological polar surface area (TPSA) is 252 Å². The quantitative estimate of drug-likeness (QED) is 0.0329. The number of hydrogen-bond donors (Lipinski definition) is 5. The molecule has 422 valence electrons. The zero-order valence-corrected chi connectivity index (χ0v) is 45.8. The van der Waals surface area contributed by atoms with Crippen LogP contribution in [0.4, 0.5) is 4.79 Å². The summed E-state index contributed by atoms with van der Waals surface area (Å²) in [7, 11) is 1.58. The van der Waals surface area contributed by atoms with E-state index in [1.807, 2.05) is 36.0 Å². The van der Waals surface area contributed by atoms with Crippen LogP contribution in [0.1, 0.15) is 112 Å². The molecule has 20 nitrogen and oxygen atoms in total. The molecule has 7 rings (SSSR count). The number of aromatic nitrogens is 1. The molecule has 4 fully saturated rings. The highest BCUT2D eigenvalue weighted by Gasteiger charge is 2.42. The summed E-state index contributed by atoms with van der Waals surface area (Å²) in [5.74, 6) is 0.777. The molecule has 6 amide bonds. The van der Waals surface area contributed by atoms with Crippen molar-refractivity contribution in [3.05, 3.63) is 94.3 Å². The van der Waals surface area contributed by atoms with Crippen LogP contribution in [-0.2, 0) is 41.5 Å². The Labute approximate surface area is 462 Å². The predicted octanol–water partition coefficient (Wildman–Crippen LogP) is 4.44. The number of unbranched alkanes of at least 4 members (excludes halogenated alkanes) is 1. The number of piperidine rings is 2. The van der Waals surface area contributed by atoms with Gasteiger partial charge in [-0.1, -0.05) is 18.6 Å². The van der Waals surface area contributed by atoms with Crippen LogP contribution in [0.25, 0.3) is 0 Å². The Morgan fingerprint density at radius 1 is 0.756 bits per heavy atom. The van der Waals surface area contributed by atoms with Gasteiger partial charge in [-0.15, -0.1) is 0 Å². The average Bonchev–Trinajstić information content (AvgIpc) is 4.04. The molecule has 21 heteroatoms. The van der Waals surface area contributed by atoms with Crippen LogP contribution in [-0.4, -0.2) is 179 Å². The lowest BCUT2D eigenvalue weighted by atomic mass is 9.88. The molecule has 3 atom stereocenters. The van der Waals surface area contributed by atoms with Crippen molar-refractivity contribution in [2.24, 2.45) is 5.92 Å². The van der Waals surface area contributed by atoms with Crippen molar-refractivity contribution in [2.75, 3.05) is 105 Å². The van der Waals surface area contributed by atoms with E-state index in [4.69, 9.17) is 28.9 Å². The Morgan fingerprint density at radius 2 is 1.42 bits per heavy atom. The van der Waals surface area contributed by atoms with Gasteiger partial charge in [0.25, 0.3) is 11.8 Å². The molecule has 0 spiro atoms. The number of likely N-dealkylation sites (tertiary alicyclic amines) is 2. The maximum atomic E-state index is 14.1. The summed E-state index contributed by atoms with van der Waals surface area (Å²) in [5, 5.41) is 24.5. The van der Waals surface area contributed by atoms with Crippen LogP contribution in [0.15, 0.2) is 60.8 Å². The van der Waals surface area contributed by atoms with Gasteiger partial charge in [0, 0.05) is 93.4 Å². The van der Waals surface area contributed by atoms with E-state index in [2.05, 4.69) is 42.5 Å². The van der Waals surface area contributed by atoms with Crippen LogP contribution in [0, 0.1) is 17.2 Å². The van der Waals surface area contributed by atoms with Gasteiger partial charge in [0.05, 0.1) is 89.2 Å². The second-order valence-corrected chi connectivity index (χ2v) is 21.4. The molecule has 2 unspecified atom stereocenters. The lowest BCUT2D eigenvalue weighted by Gasteiger charge is -2.32. The van der Waals surface area contributed by atoms with Crippen molar-refractivity contribution in [2.45, 2.75) is 101 Å². The number of fused-ring (bicyclic) bond motifs is 1. The van der Waals surface area contributed by atoms with Gasteiger partial charge in [-0.2, -0.15) is 17.0 Å². The third-order valence-corrected chi connectivity index (χ3v) is 16.1.